The van der Waals surface area contributed by atoms with Gasteiger partial charge in [-0.25, -0.2) is 9.37 Å². The van der Waals surface area contributed by atoms with Gasteiger partial charge in [-0.05, 0) is 79.6 Å². The van der Waals surface area contributed by atoms with Gasteiger partial charge in [-0.2, -0.15) is 10.1 Å². The lowest BCUT2D eigenvalue weighted by atomic mass is 10.2. The highest BCUT2D eigenvalue weighted by atomic mass is 32.1. The van der Waals surface area contributed by atoms with E-state index in [9.17, 15) is 9.18 Å². The minimum Gasteiger partial charge on any atom is -0.494 e. The number of hydrazone groups is 1. The summed E-state index contributed by atoms with van der Waals surface area (Å²) in [5, 5.41) is 6.03. The van der Waals surface area contributed by atoms with E-state index in [4.69, 9.17) is 4.74 Å². The first-order chi connectivity index (χ1) is 15.0. The van der Waals surface area contributed by atoms with Crippen molar-refractivity contribution < 1.29 is 13.9 Å². The predicted molar refractivity (Wildman–Crippen MR) is 123 cm³/mol. The molecule has 5 nitrogen and oxygen atoms in total. The second-order valence-electron chi connectivity index (χ2n) is 6.84. The first kappa shape index (κ1) is 20.7. The molecule has 7 heteroatoms. The van der Waals surface area contributed by atoms with E-state index in [2.05, 4.69) is 10.1 Å². The molecule has 1 amide bonds. The summed E-state index contributed by atoms with van der Waals surface area (Å²) in [6, 6.07) is 18.8. The number of nitrogens with zero attached hydrogens (tertiary/aromatic N) is 3. The molecule has 4 rings (SSSR count). The SMILES string of the molecule is CCOc1ccc(/C=N/N(C(=O)c2cccc(F)c2)c2nc3ccc(C)cc3s2)cc1. The molecule has 0 saturated heterocycles. The molecular weight excluding hydrogens is 413 g/mol. The molecule has 0 aliphatic carbocycles. The molecule has 0 aliphatic heterocycles. The lowest BCUT2D eigenvalue weighted by molar-refractivity contribution is 0.0987. The monoisotopic (exact) mass is 433 g/mol. The molecule has 31 heavy (non-hydrogen) atoms. The Morgan fingerprint density at radius 3 is 2.71 bits per heavy atom. The highest BCUT2D eigenvalue weighted by Crippen LogP contribution is 2.30. The normalized spacial score (nSPS) is 11.2. The zero-order chi connectivity index (χ0) is 21.8. The summed E-state index contributed by atoms with van der Waals surface area (Å²) in [6.07, 6.45) is 1.57. The molecule has 0 N–H and O–H groups in total. The Kier molecular flexibility index (Phi) is 6.04. The molecule has 4 aromatic rings. The number of aryl methyl sites for hydroxylation is 1. The number of halogens is 1. The second kappa shape index (κ2) is 9.06. The third kappa shape index (κ3) is 4.78. The Morgan fingerprint density at radius 2 is 1.97 bits per heavy atom. The van der Waals surface area contributed by atoms with E-state index in [0.717, 1.165) is 27.1 Å². The molecule has 1 heterocycles. The number of benzene rings is 3. The summed E-state index contributed by atoms with van der Waals surface area (Å²) < 4.78 is 20.1. The second-order valence-corrected chi connectivity index (χ2v) is 7.85. The molecule has 0 unspecified atom stereocenters. The van der Waals surface area contributed by atoms with Crippen LogP contribution < -0.4 is 9.75 Å². The maximum absolute atomic E-state index is 13.7. The Balaban J connectivity index is 1.71. The lowest BCUT2D eigenvalue weighted by Gasteiger charge is -2.14. The van der Waals surface area contributed by atoms with E-state index in [0.29, 0.717) is 11.7 Å². The molecule has 0 atom stereocenters. The van der Waals surface area contributed by atoms with E-state index in [1.807, 2.05) is 56.3 Å². The van der Waals surface area contributed by atoms with Crippen LogP contribution in [0.25, 0.3) is 10.2 Å². The molecule has 3 aromatic carbocycles. The van der Waals surface area contributed by atoms with Crippen molar-refractivity contribution in [2.24, 2.45) is 5.10 Å². The van der Waals surface area contributed by atoms with Crippen molar-refractivity contribution in [3.63, 3.8) is 0 Å². The largest absolute Gasteiger partial charge is 0.494 e. The number of fused-ring (bicyclic) bond motifs is 1. The average molecular weight is 434 g/mol. The summed E-state index contributed by atoms with van der Waals surface area (Å²) in [4.78, 5) is 17.8. The number of carbonyl (C=O) groups is 1. The zero-order valence-electron chi connectivity index (χ0n) is 17.1. The number of carbonyl (C=O) groups excluding carboxylic acids is 1. The van der Waals surface area contributed by atoms with Crippen LogP contribution in [0.1, 0.15) is 28.4 Å². The number of amides is 1. The molecule has 0 bridgehead atoms. The van der Waals surface area contributed by atoms with Crippen molar-refractivity contribution in [3.05, 3.63) is 89.2 Å². The first-order valence-corrected chi connectivity index (χ1v) is 10.6. The maximum Gasteiger partial charge on any atom is 0.280 e. The Hall–Kier alpha value is -3.58. The van der Waals surface area contributed by atoms with Crippen LogP contribution in [0.5, 0.6) is 5.75 Å². The van der Waals surface area contributed by atoms with Gasteiger partial charge in [-0.15, -0.1) is 0 Å². The smallest absolute Gasteiger partial charge is 0.280 e. The summed E-state index contributed by atoms with van der Waals surface area (Å²) in [5.41, 5.74) is 2.86. The molecule has 0 fully saturated rings. The van der Waals surface area contributed by atoms with Crippen LogP contribution in [-0.2, 0) is 0 Å². The van der Waals surface area contributed by atoms with E-state index >= 15 is 0 Å². The fourth-order valence-electron chi connectivity index (χ4n) is 2.98. The Bertz CT molecular complexity index is 1250. The van der Waals surface area contributed by atoms with Gasteiger partial charge in [-0.3, -0.25) is 4.79 Å². The molecule has 1 aromatic heterocycles. The van der Waals surface area contributed by atoms with Gasteiger partial charge in [-0.1, -0.05) is 23.5 Å². The van der Waals surface area contributed by atoms with Crippen LogP contribution in [0.15, 0.2) is 71.8 Å². The minimum atomic E-state index is -0.485. The van der Waals surface area contributed by atoms with Crippen molar-refractivity contribution in [2.45, 2.75) is 13.8 Å². The van der Waals surface area contributed by atoms with Gasteiger partial charge in [0.05, 0.1) is 23.0 Å². The van der Waals surface area contributed by atoms with Crippen LogP contribution in [0, 0.1) is 12.7 Å². The number of thiazole rings is 1. The molecule has 0 spiro atoms. The van der Waals surface area contributed by atoms with Crippen LogP contribution in [0.3, 0.4) is 0 Å². The van der Waals surface area contributed by atoms with Crippen LogP contribution in [0.2, 0.25) is 0 Å². The molecule has 156 valence electrons. The number of rotatable bonds is 6. The van der Waals surface area contributed by atoms with Crippen molar-refractivity contribution >= 4 is 38.8 Å². The van der Waals surface area contributed by atoms with Gasteiger partial charge >= 0.3 is 0 Å². The number of ether oxygens (including phenoxy) is 1. The lowest BCUT2D eigenvalue weighted by Crippen LogP contribution is -2.25. The highest BCUT2D eigenvalue weighted by Gasteiger charge is 2.21. The maximum atomic E-state index is 13.7. The molecule has 0 radical (unpaired) electrons. The van der Waals surface area contributed by atoms with Crippen molar-refractivity contribution in [3.8, 4) is 5.75 Å². The molecule has 0 saturated carbocycles. The Morgan fingerprint density at radius 1 is 1.16 bits per heavy atom. The van der Waals surface area contributed by atoms with E-state index in [1.165, 1.54) is 34.5 Å². The van der Waals surface area contributed by atoms with Crippen molar-refractivity contribution in [2.75, 3.05) is 11.6 Å². The summed E-state index contributed by atoms with van der Waals surface area (Å²) in [6.45, 7) is 4.50. The van der Waals surface area contributed by atoms with Crippen molar-refractivity contribution in [1.29, 1.82) is 0 Å². The summed E-state index contributed by atoms with van der Waals surface area (Å²) in [7, 11) is 0. The van der Waals surface area contributed by atoms with Gasteiger partial charge in [0.15, 0.2) is 0 Å². The van der Waals surface area contributed by atoms with Crippen LogP contribution >= 0.6 is 11.3 Å². The fraction of sp³-hybridized carbons (Fsp3) is 0.125. The number of aromatic nitrogens is 1. The molecule has 0 aliphatic rings. The molecular formula is C24H20FN3O2S. The van der Waals surface area contributed by atoms with Crippen LogP contribution in [-0.4, -0.2) is 23.7 Å². The highest BCUT2D eigenvalue weighted by molar-refractivity contribution is 7.22. The standard InChI is InChI=1S/C24H20FN3O2S/c1-3-30-20-10-8-17(9-11-20)15-26-28(23(29)18-5-4-6-19(25)14-18)24-27-21-12-7-16(2)13-22(21)31-24/h4-15H,3H2,1-2H3/b26-15+. The van der Waals surface area contributed by atoms with Gasteiger partial charge in [0.2, 0.25) is 5.13 Å². The Labute approximate surface area is 183 Å². The van der Waals surface area contributed by atoms with E-state index in [-0.39, 0.29) is 5.56 Å². The van der Waals surface area contributed by atoms with E-state index in [1.54, 1.807) is 12.3 Å². The predicted octanol–water partition coefficient (Wildman–Crippen LogP) is 5.82. The number of hydrogen-bond donors (Lipinski definition) is 0. The van der Waals surface area contributed by atoms with Gasteiger partial charge in [0.1, 0.15) is 11.6 Å². The minimum absolute atomic E-state index is 0.194. The fourth-order valence-corrected chi connectivity index (χ4v) is 4.00. The summed E-state index contributed by atoms with van der Waals surface area (Å²) >= 11 is 1.36. The van der Waals surface area contributed by atoms with Crippen molar-refractivity contribution in [1.82, 2.24) is 4.98 Å². The first-order valence-electron chi connectivity index (χ1n) is 9.77. The third-order valence-corrected chi connectivity index (χ3v) is 5.48. The topological polar surface area (TPSA) is 54.8 Å². The number of anilines is 1. The van der Waals surface area contributed by atoms with Crippen LogP contribution in [0.4, 0.5) is 9.52 Å². The van der Waals surface area contributed by atoms with Gasteiger partial charge in [0, 0.05) is 5.56 Å². The number of hydrogen-bond acceptors (Lipinski definition) is 5. The summed E-state index contributed by atoms with van der Waals surface area (Å²) in [5.74, 6) is -0.187. The third-order valence-electron chi connectivity index (χ3n) is 4.49. The average Bonchev–Trinajstić information content (AvgIpc) is 3.18. The van der Waals surface area contributed by atoms with Gasteiger partial charge < -0.3 is 4.74 Å². The zero-order valence-corrected chi connectivity index (χ0v) is 17.9. The van der Waals surface area contributed by atoms with E-state index < -0.39 is 11.7 Å². The quantitative estimate of drug-likeness (QED) is 0.284. The van der Waals surface area contributed by atoms with Gasteiger partial charge in [0.25, 0.3) is 5.91 Å².